The second kappa shape index (κ2) is 8.74. The van der Waals surface area contributed by atoms with Crippen LogP contribution in [0, 0.1) is 0 Å². The molecule has 0 radical (unpaired) electrons. The van der Waals surface area contributed by atoms with Gasteiger partial charge >= 0.3 is 0 Å². The van der Waals surface area contributed by atoms with Crippen molar-refractivity contribution in [2.75, 3.05) is 45.9 Å². The molecule has 1 unspecified atom stereocenters. The van der Waals surface area contributed by atoms with Crippen molar-refractivity contribution < 1.29 is 19.3 Å². The lowest BCUT2D eigenvalue weighted by molar-refractivity contribution is 0.0182. The van der Waals surface area contributed by atoms with Crippen molar-refractivity contribution >= 4 is 5.69 Å². The topological polar surface area (TPSA) is 60.0 Å². The van der Waals surface area contributed by atoms with Crippen LogP contribution >= 0.6 is 0 Å². The summed E-state index contributed by atoms with van der Waals surface area (Å²) in [6.45, 7) is 1.75. The lowest BCUT2D eigenvalue weighted by Gasteiger charge is -2.13. The summed E-state index contributed by atoms with van der Waals surface area (Å²) in [6.07, 6.45) is -0.548. The van der Waals surface area contributed by atoms with Gasteiger partial charge in [0.15, 0.2) is 0 Å². The Balaban J connectivity index is 2.22. The molecule has 5 heteroatoms. The van der Waals surface area contributed by atoms with Crippen LogP contribution in [0.1, 0.15) is 0 Å². The van der Waals surface area contributed by atoms with Crippen molar-refractivity contribution in [2.24, 2.45) is 0 Å². The highest BCUT2D eigenvalue weighted by molar-refractivity contribution is 5.48. The zero-order chi connectivity index (χ0) is 13.2. The third kappa shape index (κ3) is 5.86. The molecule has 102 valence electrons. The van der Waals surface area contributed by atoms with Crippen LogP contribution in [0.25, 0.3) is 0 Å². The number of aliphatic hydroxyl groups excluding tert-OH is 1. The smallest absolute Gasteiger partial charge is 0.120 e. The molecular weight excluding hydrogens is 234 g/mol. The van der Waals surface area contributed by atoms with Crippen LogP contribution < -0.4 is 10.1 Å². The Hall–Kier alpha value is -1.30. The van der Waals surface area contributed by atoms with E-state index in [1.165, 1.54) is 0 Å². The number of nitrogens with one attached hydrogen (secondary N) is 1. The minimum atomic E-state index is -0.548. The highest BCUT2D eigenvalue weighted by Crippen LogP contribution is 2.16. The van der Waals surface area contributed by atoms with Crippen LogP contribution in [0.3, 0.4) is 0 Å². The summed E-state index contributed by atoms with van der Waals surface area (Å²) in [5.41, 5.74) is 0.908. The number of methoxy groups -OCH3 is 2. The first kappa shape index (κ1) is 14.8. The van der Waals surface area contributed by atoms with Gasteiger partial charge in [-0.3, -0.25) is 0 Å². The molecule has 0 saturated heterocycles. The molecule has 0 amide bonds. The van der Waals surface area contributed by atoms with Gasteiger partial charge in [0.1, 0.15) is 5.75 Å². The molecule has 1 aromatic carbocycles. The van der Waals surface area contributed by atoms with Crippen molar-refractivity contribution in [3.8, 4) is 5.75 Å². The summed E-state index contributed by atoms with van der Waals surface area (Å²) in [6, 6.07) is 7.55. The number of benzene rings is 1. The van der Waals surface area contributed by atoms with E-state index in [4.69, 9.17) is 14.2 Å². The maximum atomic E-state index is 9.68. The second-order valence-corrected chi connectivity index (χ2v) is 3.83. The Labute approximate surface area is 108 Å². The van der Waals surface area contributed by atoms with Crippen LogP contribution in [0.5, 0.6) is 5.75 Å². The van der Waals surface area contributed by atoms with E-state index in [0.717, 1.165) is 11.4 Å². The number of aliphatic hydroxyl groups is 1. The Bertz CT molecular complexity index is 333. The highest BCUT2D eigenvalue weighted by Gasteiger charge is 2.04. The van der Waals surface area contributed by atoms with Gasteiger partial charge in [0.05, 0.1) is 33.0 Å². The monoisotopic (exact) mass is 255 g/mol. The number of rotatable bonds is 9. The minimum Gasteiger partial charge on any atom is -0.497 e. The van der Waals surface area contributed by atoms with Crippen molar-refractivity contribution in [3.63, 3.8) is 0 Å². The molecule has 5 nitrogen and oxygen atoms in total. The predicted molar refractivity (Wildman–Crippen MR) is 70.2 cm³/mol. The summed E-state index contributed by atoms with van der Waals surface area (Å²) in [4.78, 5) is 0. The molecule has 0 aliphatic heterocycles. The Morgan fingerprint density at radius 3 is 2.83 bits per heavy atom. The number of ether oxygens (including phenoxy) is 3. The fourth-order valence-electron chi connectivity index (χ4n) is 1.39. The van der Waals surface area contributed by atoms with Gasteiger partial charge in [-0.2, -0.15) is 0 Å². The fourth-order valence-corrected chi connectivity index (χ4v) is 1.39. The Morgan fingerprint density at radius 2 is 2.11 bits per heavy atom. The van der Waals surface area contributed by atoms with Crippen molar-refractivity contribution in [3.05, 3.63) is 24.3 Å². The Morgan fingerprint density at radius 1 is 1.28 bits per heavy atom. The van der Waals surface area contributed by atoms with E-state index in [1.54, 1.807) is 14.2 Å². The van der Waals surface area contributed by atoms with Crippen molar-refractivity contribution in [1.29, 1.82) is 0 Å². The Kier molecular flexibility index (Phi) is 7.17. The molecule has 2 N–H and O–H groups in total. The third-order valence-corrected chi connectivity index (χ3v) is 2.35. The van der Waals surface area contributed by atoms with E-state index in [0.29, 0.717) is 26.4 Å². The molecule has 1 aromatic rings. The summed E-state index contributed by atoms with van der Waals surface area (Å²) in [5.74, 6) is 0.783. The van der Waals surface area contributed by atoms with Crippen LogP contribution in [0.2, 0.25) is 0 Å². The van der Waals surface area contributed by atoms with Gasteiger partial charge < -0.3 is 24.6 Å². The van der Waals surface area contributed by atoms with Crippen molar-refractivity contribution in [1.82, 2.24) is 0 Å². The first-order valence-electron chi connectivity index (χ1n) is 5.89. The third-order valence-electron chi connectivity index (χ3n) is 2.35. The first-order chi connectivity index (χ1) is 8.76. The summed E-state index contributed by atoms with van der Waals surface area (Å²) < 4.78 is 15.2. The molecule has 1 rings (SSSR count). The van der Waals surface area contributed by atoms with Crippen molar-refractivity contribution in [2.45, 2.75) is 6.10 Å². The van der Waals surface area contributed by atoms with Gasteiger partial charge in [0.2, 0.25) is 0 Å². The lowest BCUT2D eigenvalue weighted by atomic mass is 10.3. The van der Waals surface area contributed by atoms with Gasteiger partial charge in [0.25, 0.3) is 0 Å². The molecule has 0 spiro atoms. The van der Waals surface area contributed by atoms with Crippen LogP contribution in [0.4, 0.5) is 5.69 Å². The molecule has 0 fully saturated rings. The lowest BCUT2D eigenvalue weighted by Crippen LogP contribution is -2.25. The second-order valence-electron chi connectivity index (χ2n) is 3.83. The standard InChI is InChI=1S/C13H21NO4/c1-16-6-7-18-10-12(15)9-14-11-4-3-5-13(8-11)17-2/h3-5,8,12,14-15H,6-7,9-10H2,1-2H3. The van der Waals surface area contributed by atoms with Gasteiger partial charge in [-0.15, -0.1) is 0 Å². The molecule has 0 aliphatic carbocycles. The molecule has 0 saturated carbocycles. The average molecular weight is 255 g/mol. The molecule has 0 heterocycles. The van der Waals surface area contributed by atoms with E-state index in [1.807, 2.05) is 24.3 Å². The molecule has 0 aromatic heterocycles. The SMILES string of the molecule is COCCOCC(O)CNc1cccc(OC)c1. The van der Waals surface area contributed by atoms with E-state index in [9.17, 15) is 5.11 Å². The minimum absolute atomic E-state index is 0.292. The van der Waals surface area contributed by atoms with E-state index in [2.05, 4.69) is 5.32 Å². The molecule has 0 bridgehead atoms. The molecule has 0 aliphatic rings. The van der Waals surface area contributed by atoms with Crippen LogP contribution in [0.15, 0.2) is 24.3 Å². The summed E-state index contributed by atoms with van der Waals surface area (Å²) in [7, 11) is 3.24. The predicted octanol–water partition coefficient (Wildman–Crippen LogP) is 1.13. The van der Waals surface area contributed by atoms with E-state index in [-0.39, 0.29) is 0 Å². The van der Waals surface area contributed by atoms with E-state index >= 15 is 0 Å². The number of hydrogen-bond donors (Lipinski definition) is 2. The van der Waals surface area contributed by atoms with Gasteiger partial charge in [-0.1, -0.05) is 6.07 Å². The normalized spacial score (nSPS) is 12.2. The number of anilines is 1. The van der Waals surface area contributed by atoms with Crippen LogP contribution in [-0.4, -0.2) is 51.8 Å². The zero-order valence-electron chi connectivity index (χ0n) is 10.9. The molecule has 18 heavy (non-hydrogen) atoms. The first-order valence-corrected chi connectivity index (χ1v) is 5.89. The summed E-state index contributed by atoms with van der Waals surface area (Å²) in [5, 5.41) is 12.8. The maximum absolute atomic E-state index is 9.68. The zero-order valence-corrected chi connectivity index (χ0v) is 10.9. The molecular formula is C13H21NO4. The highest BCUT2D eigenvalue weighted by atomic mass is 16.5. The maximum Gasteiger partial charge on any atom is 0.120 e. The number of hydrogen-bond acceptors (Lipinski definition) is 5. The van der Waals surface area contributed by atoms with Gasteiger partial charge in [0, 0.05) is 25.4 Å². The largest absolute Gasteiger partial charge is 0.497 e. The fraction of sp³-hybridized carbons (Fsp3) is 0.538. The quantitative estimate of drug-likeness (QED) is 0.648. The average Bonchev–Trinajstić information content (AvgIpc) is 2.41. The van der Waals surface area contributed by atoms with Gasteiger partial charge in [-0.05, 0) is 12.1 Å². The van der Waals surface area contributed by atoms with Crippen LogP contribution in [-0.2, 0) is 9.47 Å². The van der Waals surface area contributed by atoms with Gasteiger partial charge in [-0.25, -0.2) is 0 Å². The van der Waals surface area contributed by atoms with E-state index < -0.39 is 6.10 Å². The molecule has 1 atom stereocenters. The summed E-state index contributed by atoms with van der Waals surface area (Å²) >= 11 is 0.